The number of hydrogen-bond acceptors (Lipinski definition) is 3. The van der Waals surface area contributed by atoms with E-state index in [-0.39, 0.29) is 17.4 Å². The standard InChI is InChI=1S/C12H17FN2O2/c1-7(14)12(2,3)15-11(17)9-6-8(13)4-5-10(9)16/h4-7,16H,14H2,1-3H3,(H,15,17). The van der Waals surface area contributed by atoms with Gasteiger partial charge in [-0.05, 0) is 39.0 Å². The molecule has 1 atom stereocenters. The Kier molecular flexibility index (Phi) is 3.72. The van der Waals surface area contributed by atoms with Crippen LogP contribution in [0.3, 0.4) is 0 Å². The van der Waals surface area contributed by atoms with Crippen molar-refractivity contribution in [3.05, 3.63) is 29.6 Å². The molecule has 0 spiro atoms. The average Bonchev–Trinajstić information content (AvgIpc) is 2.20. The quantitative estimate of drug-likeness (QED) is 0.747. The second-order valence-corrected chi connectivity index (χ2v) is 4.63. The first-order valence-corrected chi connectivity index (χ1v) is 5.30. The molecule has 1 rings (SSSR count). The summed E-state index contributed by atoms with van der Waals surface area (Å²) in [5, 5.41) is 12.1. The predicted octanol–water partition coefficient (Wildman–Crippen LogP) is 1.39. The molecule has 0 aliphatic carbocycles. The predicted molar refractivity (Wildman–Crippen MR) is 63.3 cm³/mol. The van der Waals surface area contributed by atoms with E-state index in [0.29, 0.717) is 0 Å². The molecule has 0 saturated carbocycles. The number of aromatic hydroxyl groups is 1. The summed E-state index contributed by atoms with van der Waals surface area (Å²) >= 11 is 0. The van der Waals surface area contributed by atoms with E-state index in [1.54, 1.807) is 20.8 Å². The lowest BCUT2D eigenvalue weighted by Gasteiger charge is -2.30. The molecular weight excluding hydrogens is 223 g/mol. The molecule has 0 radical (unpaired) electrons. The third-order valence-electron chi connectivity index (χ3n) is 2.78. The van der Waals surface area contributed by atoms with Gasteiger partial charge < -0.3 is 16.2 Å². The van der Waals surface area contributed by atoms with Crippen LogP contribution >= 0.6 is 0 Å². The number of hydrogen-bond donors (Lipinski definition) is 3. The van der Waals surface area contributed by atoms with E-state index in [1.165, 1.54) is 0 Å². The zero-order valence-electron chi connectivity index (χ0n) is 10.1. The number of nitrogens with one attached hydrogen (secondary N) is 1. The smallest absolute Gasteiger partial charge is 0.255 e. The number of amides is 1. The van der Waals surface area contributed by atoms with Gasteiger partial charge in [0.2, 0.25) is 0 Å². The van der Waals surface area contributed by atoms with E-state index >= 15 is 0 Å². The van der Waals surface area contributed by atoms with Crippen molar-refractivity contribution in [2.45, 2.75) is 32.4 Å². The Balaban J connectivity index is 2.94. The second-order valence-electron chi connectivity index (χ2n) is 4.63. The highest BCUT2D eigenvalue weighted by atomic mass is 19.1. The third kappa shape index (κ3) is 3.17. The van der Waals surface area contributed by atoms with Crippen molar-refractivity contribution in [2.24, 2.45) is 5.73 Å². The highest BCUT2D eigenvalue weighted by molar-refractivity contribution is 5.97. The topological polar surface area (TPSA) is 75.3 Å². The fourth-order valence-corrected chi connectivity index (χ4v) is 1.16. The van der Waals surface area contributed by atoms with Gasteiger partial charge in [0, 0.05) is 11.6 Å². The normalized spacial score (nSPS) is 13.2. The maximum atomic E-state index is 13.0. The van der Waals surface area contributed by atoms with Gasteiger partial charge >= 0.3 is 0 Å². The van der Waals surface area contributed by atoms with Gasteiger partial charge in [-0.1, -0.05) is 0 Å². The molecule has 0 aromatic heterocycles. The zero-order chi connectivity index (χ0) is 13.2. The lowest BCUT2D eigenvalue weighted by Crippen LogP contribution is -2.54. The van der Waals surface area contributed by atoms with E-state index < -0.39 is 17.3 Å². The number of nitrogens with two attached hydrogens (primary N) is 1. The number of benzene rings is 1. The fourth-order valence-electron chi connectivity index (χ4n) is 1.16. The first-order chi connectivity index (χ1) is 7.74. The second kappa shape index (κ2) is 4.71. The maximum Gasteiger partial charge on any atom is 0.255 e. The molecule has 1 aromatic carbocycles. The fraction of sp³-hybridized carbons (Fsp3) is 0.417. The Bertz CT molecular complexity index is 431. The van der Waals surface area contributed by atoms with Crippen LogP contribution in [0.1, 0.15) is 31.1 Å². The summed E-state index contributed by atoms with van der Waals surface area (Å²) in [6, 6.07) is 2.94. The minimum absolute atomic E-state index is 0.0984. The summed E-state index contributed by atoms with van der Waals surface area (Å²) < 4.78 is 13.0. The number of phenols is 1. The number of carbonyl (C=O) groups excluding carboxylic acids is 1. The minimum Gasteiger partial charge on any atom is -0.507 e. The molecular formula is C12H17FN2O2. The zero-order valence-corrected chi connectivity index (χ0v) is 10.1. The van der Waals surface area contributed by atoms with E-state index in [4.69, 9.17) is 5.73 Å². The number of phenolic OH excluding ortho intramolecular Hbond substituents is 1. The number of halogens is 1. The molecule has 4 N–H and O–H groups in total. The van der Waals surface area contributed by atoms with E-state index in [2.05, 4.69) is 5.32 Å². The van der Waals surface area contributed by atoms with Gasteiger partial charge in [-0.25, -0.2) is 4.39 Å². The molecule has 0 fully saturated rings. The molecule has 1 unspecified atom stereocenters. The average molecular weight is 240 g/mol. The summed E-state index contributed by atoms with van der Waals surface area (Å²) in [6.07, 6.45) is 0. The molecule has 0 saturated heterocycles. The Morgan fingerprint density at radius 3 is 2.65 bits per heavy atom. The SMILES string of the molecule is CC(N)C(C)(C)NC(=O)c1cc(F)ccc1O. The van der Waals surface area contributed by atoms with Gasteiger partial charge in [0.1, 0.15) is 11.6 Å². The Morgan fingerprint density at radius 2 is 2.12 bits per heavy atom. The Morgan fingerprint density at radius 1 is 1.53 bits per heavy atom. The summed E-state index contributed by atoms with van der Waals surface area (Å²) in [7, 11) is 0. The van der Waals surface area contributed by atoms with Crippen LogP contribution in [0.5, 0.6) is 5.75 Å². The van der Waals surface area contributed by atoms with Crippen molar-refractivity contribution >= 4 is 5.91 Å². The van der Waals surface area contributed by atoms with Crippen LogP contribution < -0.4 is 11.1 Å². The summed E-state index contributed by atoms with van der Waals surface area (Å²) in [5.41, 5.74) is 4.97. The third-order valence-corrected chi connectivity index (χ3v) is 2.78. The molecule has 0 bridgehead atoms. The first-order valence-electron chi connectivity index (χ1n) is 5.30. The van der Waals surface area contributed by atoms with Crippen molar-refractivity contribution in [3.63, 3.8) is 0 Å². The van der Waals surface area contributed by atoms with Crippen LogP contribution in [0.4, 0.5) is 4.39 Å². The number of carbonyl (C=O) groups is 1. The van der Waals surface area contributed by atoms with E-state index in [9.17, 15) is 14.3 Å². The molecule has 0 heterocycles. The van der Waals surface area contributed by atoms with Crippen molar-refractivity contribution in [1.29, 1.82) is 0 Å². The van der Waals surface area contributed by atoms with Gasteiger partial charge in [0.25, 0.3) is 5.91 Å². The van der Waals surface area contributed by atoms with Crippen LogP contribution in [0.2, 0.25) is 0 Å². The van der Waals surface area contributed by atoms with Gasteiger partial charge in [-0.15, -0.1) is 0 Å². The van der Waals surface area contributed by atoms with Crippen LogP contribution in [-0.4, -0.2) is 22.6 Å². The van der Waals surface area contributed by atoms with Crippen molar-refractivity contribution in [3.8, 4) is 5.75 Å². The molecule has 1 amide bonds. The molecule has 17 heavy (non-hydrogen) atoms. The lowest BCUT2D eigenvalue weighted by molar-refractivity contribution is 0.0900. The Labute approximate surface area is 99.6 Å². The van der Waals surface area contributed by atoms with E-state index in [0.717, 1.165) is 18.2 Å². The van der Waals surface area contributed by atoms with Crippen LogP contribution in [0, 0.1) is 5.82 Å². The van der Waals surface area contributed by atoms with Gasteiger partial charge in [-0.2, -0.15) is 0 Å². The maximum absolute atomic E-state index is 13.0. The van der Waals surface area contributed by atoms with E-state index in [1.807, 2.05) is 0 Å². The Hall–Kier alpha value is -1.62. The van der Waals surface area contributed by atoms with Crippen LogP contribution in [0.15, 0.2) is 18.2 Å². The molecule has 1 aromatic rings. The number of rotatable bonds is 3. The molecule has 5 heteroatoms. The van der Waals surface area contributed by atoms with Crippen molar-refractivity contribution in [2.75, 3.05) is 0 Å². The lowest BCUT2D eigenvalue weighted by atomic mass is 9.96. The summed E-state index contributed by atoms with van der Waals surface area (Å²) in [5.74, 6) is -1.39. The molecule has 0 aliphatic rings. The largest absolute Gasteiger partial charge is 0.507 e. The summed E-state index contributed by atoms with van der Waals surface area (Å²) in [4.78, 5) is 11.8. The minimum atomic E-state index is -0.643. The molecule has 0 aliphatic heterocycles. The molecule has 94 valence electrons. The first kappa shape index (κ1) is 13.4. The van der Waals surface area contributed by atoms with Gasteiger partial charge in [0.15, 0.2) is 0 Å². The van der Waals surface area contributed by atoms with Crippen molar-refractivity contribution in [1.82, 2.24) is 5.32 Å². The summed E-state index contributed by atoms with van der Waals surface area (Å²) in [6.45, 7) is 5.27. The van der Waals surface area contributed by atoms with Gasteiger partial charge in [-0.3, -0.25) is 4.79 Å². The highest BCUT2D eigenvalue weighted by Crippen LogP contribution is 2.19. The molecule has 4 nitrogen and oxygen atoms in total. The van der Waals surface area contributed by atoms with Crippen LogP contribution in [0.25, 0.3) is 0 Å². The van der Waals surface area contributed by atoms with Crippen molar-refractivity contribution < 1.29 is 14.3 Å². The monoisotopic (exact) mass is 240 g/mol. The highest BCUT2D eigenvalue weighted by Gasteiger charge is 2.26. The van der Waals surface area contributed by atoms with Gasteiger partial charge in [0.05, 0.1) is 5.56 Å². The van der Waals surface area contributed by atoms with Crippen LogP contribution in [-0.2, 0) is 0 Å².